The Labute approximate surface area is 90.0 Å². The lowest BCUT2D eigenvalue weighted by Crippen LogP contribution is -2.48. The highest BCUT2D eigenvalue weighted by atomic mass is 16.5. The van der Waals surface area contributed by atoms with Crippen LogP contribution in [0, 0.1) is 5.92 Å². The summed E-state index contributed by atoms with van der Waals surface area (Å²) >= 11 is 0. The molecule has 15 heavy (non-hydrogen) atoms. The number of carbonyl (C=O) groups excluding carboxylic acids is 1. The third-order valence-corrected chi connectivity index (χ3v) is 3.40. The first-order valence-electron chi connectivity index (χ1n) is 5.75. The summed E-state index contributed by atoms with van der Waals surface area (Å²) < 4.78 is 5.21. The second kappa shape index (κ2) is 4.49. The van der Waals surface area contributed by atoms with Gasteiger partial charge in [-0.1, -0.05) is 0 Å². The molecule has 0 spiro atoms. The third-order valence-electron chi connectivity index (χ3n) is 3.40. The van der Waals surface area contributed by atoms with Crippen molar-refractivity contribution in [3.05, 3.63) is 0 Å². The van der Waals surface area contributed by atoms with Crippen LogP contribution in [0.2, 0.25) is 0 Å². The Morgan fingerprint density at radius 3 is 2.87 bits per heavy atom. The van der Waals surface area contributed by atoms with Crippen molar-refractivity contribution in [3.8, 4) is 0 Å². The number of rotatable bonds is 4. The van der Waals surface area contributed by atoms with E-state index in [-0.39, 0.29) is 5.91 Å². The van der Waals surface area contributed by atoms with E-state index in [2.05, 4.69) is 5.32 Å². The van der Waals surface area contributed by atoms with Crippen molar-refractivity contribution in [3.63, 3.8) is 0 Å². The van der Waals surface area contributed by atoms with Gasteiger partial charge in [-0.15, -0.1) is 0 Å². The molecular formula is C11H19NO3. The van der Waals surface area contributed by atoms with Crippen molar-refractivity contribution in [1.29, 1.82) is 0 Å². The normalized spacial score (nSPS) is 28.5. The van der Waals surface area contributed by atoms with Crippen LogP contribution in [-0.4, -0.2) is 36.4 Å². The highest BCUT2D eigenvalue weighted by Gasteiger charge is 2.34. The smallest absolute Gasteiger partial charge is 0.220 e. The summed E-state index contributed by atoms with van der Waals surface area (Å²) in [7, 11) is 0. The predicted octanol–water partition coefficient (Wildman–Crippen LogP) is 0.444. The predicted molar refractivity (Wildman–Crippen MR) is 55.4 cm³/mol. The van der Waals surface area contributed by atoms with Crippen LogP contribution in [0.1, 0.15) is 32.1 Å². The van der Waals surface area contributed by atoms with Gasteiger partial charge in [-0.2, -0.15) is 0 Å². The fraction of sp³-hybridized carbons (Fsp3) is 0.909. The first-order valence-corrected chi connectivity index (χ1v) is 5.75. The molecule has 4 heteroatoms. The topological polar surface area (TPSA) is 58.6 Å². The molecule has 1 amide bonds. The standard InChI is InChI=1S/C11H19NO3/c13-10(6-9-2-5-15-7-9)12-8-11(14)3-1-4-11/h9,14H,1-8H2,(H,12,13). The van der Waals surface area contributed by atoms with Crippen molar-refractivity contribution >= 4 is 5.91 Å². The monoisotopic (exact) mass is 213 g/mol. The van der Waals surface area contributed by atoms with Gasteiger partial charge in [0.2, 0.25) is 5.91 Å². The quantitative estimate of drug-likeness (QED) is 0.712. The van der Waals surface area contributed by atoms with Crippen LogP contribution in [0.4, 0.5) is 0 Å². The molecule has 1 aliphatic heterocycles. The summed E-state index contributed by atoms with van der Waals surface area (Å²) in [5, 5.41) is 12.6. The maximum atomic E-state index is 11.5. The molecule has 0 radical (unpaired) electrons. The number of aliphatic hydroxyl groups is 1. The number of hydrogen-bond acceptors (Lipinski definition) is 3. The van der Waals surface area contributed by atoms with Crippen LogP contribution < -0.4 is 5.32 Å². The van der Waals surface area contributed by atoms with Crippen molar-refractivity contribution in [2.75, 3.05) is 19.8 Å². The number of hydrogen-bond donors (Lipinski definition) is 2. The lowest BCUT2D eigenvalue weighted by Gasteiger charge is -2.36. The van der Waals surface area contributed by atoms with Gasteiger partial charge in [0.05, 0.1) is 5.60 Å². The molecule has 1 saturated carbocycles. The van der Waals surface area contributed by atoms with Crippen molar-refractivity contribution in [1.82, 2.24) is 5.32 Å². The summed E-state index contributed by atoms with van der Waals surface area (Å²) in [5.74, 6) is 0.423. The Kier molecular flexibility index (Phi) is 3.26. The van der Waals surface area contributed by atoms with Crippen LogP contribution in [-0.2, 0) is 9.53 Å². The summed E-state index contributed by atoms with van der Waals surface area (Å²) in [6.45, 7) is 1.90. The second-order valence-electron chi connectivity index (χ2n) is 4.79. The summed E-state index contributed by atoms with van der Waals surface area (Å²) in [4.78, 5) is 11.5. The molecule has 2 aliphatic rings. The lowest BCUT2D eigenvalue weighted by atomic mass is 9.80. The average Bonchev–Trinajstić information content (AvgIpc) is 2.64. The molecule has 0 bridgehead atoms. The zero-order valence-electron chi connectivity index (χ0n) is 9.00. The van der Waals surface area contributed by atoms with E-state index in [4.69, 9.17) is 4.74 Å². The third kappa shape index (κ3) is 2.92. The molecule has 86 valence electrons. The minimum absolute atomic E-state index is 0.0471. The molecule has 1 saturated heterocycles. The molecule has 1 aliphatic carbocycles. The van der Waals surface area contributed by atoms with E-state index in [1.165, 1.54) is 0 Å². The molecule has 0 aromatic heterocycles. The van der Waals surface area contributed by atoms with Crippen molar-refractivity contribution in [2.45, 2.75) is 37.7 Å². The Hall–Kier alpha value is -0.610. The van der Waals surface area contributed by atoms with E-state index in [1.807, 2.05) is 0 Å². The van der Waals surface area contributed by atoms with Crippen LogP contribution in [0.15, 0.2) is 0 Å². The van der Waals surface area contributed by atoms with E-state index in [0.717, 1.165) is 32.3 Å². The average molecular weight is 213 g/mol. The Bertz CT molecular complexity index is 232. The minimum atomic E-state index is -0.609. The number of carbonyl (C=O) groups is 1. The molecule has 2 rings (SSSR count). The van der Waals surface area contributed by atoms with Gasteiger partial charge in [0, 0.05) is 26.2 Å². The minimum Gasteiger partial charge on any atom is -0.388 e. The van der Waals surface area contributed by atoms with Gasteiger partial charge in [-0.3, -0.25) is 4.79 Å². The maximum Gasteiger partial charge on any atom is 0.220 e. The molecular weight excluding hydrogens is 194 g/mol. The van der Waals surface area contributed by atoms with Crippen molar-refractivity contribution in [2.24, 2.45) is 5.92 Å². The first kappa shape index (κ1) is 10.9. The van der Waals surface area contributed by atoms with Gasteiger partial charge >= 0.3 is 0 Å². The Morgan fingerprint density at radius 2 is 2.33 bits per heavy atom. The van der Waals surface area contributed by atoms with E-state index < -0.39 is 5.60 Å². The van der Waals surface area contributed by atoms with Crippen LogP contribution in [0.5, 0.6) is 0 Å². The van der Waals surface area contributed by atoms with Gasteiger partial charge < -0.3 is 15.2 Å². The van der Waals surface area contributed by atoms with Gasteiger partial charge in [-0.05, 0) is 31.6 Å². The number of amides is 1. The second-order valence-corrected chi connectivity index (χ2v) is 4.79. The van der Waals surface area contributed by atoms with Crippen LogP contribution >= 0.6 is 0 Å². The molecule has 1 heterocycles. The van der Waals surface area contributed by atoms with E-state index in [9.17, 15) is 9.90 Å². The summed E-state index contributed by atoms with van der Waals surface area (Å²) in [6, 6.07) is 0. The number of nitrogens with one attached hydrogen (secondary N) is 1. The molecule has 2 N–H and O–H groups in total. The van der Waals surface area contributed by atoms with Gasteiger partial charge in [0.15, 0.2) is 0 Å². The van der Waals surface area contributed by atoms with Gasteiger partial charge in [0.25, 0.3) is 0 Å². The summed E-state index contributed by atoms with van der Waals surface area (Å²) in [6.07, 6.45) is 4.23. The molecule has 2 fully saturated rings. The fourth-order valence-electron chi connectivity index (χ4n) is 2.10. The maximum absolute atomic E-state index is 11.5. The Balaban J connectivity index is 1.63. The fourth-order valence-corrected chi connectivity index (χ4v) is 2.10. The molecule has 0 aromatic carbocycles. The van der Waals surface area contributed by atoms with Gasteiger partial charge in [-0.25, -0.2) is 0 Å². The molecule has 1 atom stereocenters. The summed E-state index contributed by atoms with van der Waals surface area (Å²) in [5.41, 5.74) is -0.609. The first-order chi connectivity index (χ1) is 7.18. The largest absolute Gasteiger partial charge is 0.388 e. The highest BCUT2D eigenvalue weighted by Crippen LogP contribution is 2.30. The molecule has 4 nitrogen and oxygen atoms in total. The SMILES string of the molecule is O=C(CC1CCOC1)NCC1(O)CCC1. The van der Waals surface area contributed by atoms with E-state index >= 15 is 0 Å². The lowest BCUT2D eigenvalue weighted by molar-refractivity contribution is -0.124. The Morgan fingerprint density at radius 1 is 1.53 bits per heavy atom. The highest BCUT2D eigenvalue weighted by molar-refractivity contribution is 5.76. The van der Waals surface area contributed by atoms with E-state index in [0.29, 0.717) is 25.5 Å². The van der Waals surface area contributed by atoms with Crippen LogP contribution in [0.3, 0.4) is 0 Å². The molecule has 1 unspecified atom stereocenters. The zero-order chi connectivity index (χ0) is 10.7. The van der Waals surface area contributed by atoms with E-state index in [1.54, 1.807) is 0 Å². The van der Waals surface area contributed by atoms with Crippen molar-refractivity contribution < 1.29 is 14.6 Å². The van der Waals surface area contributed by atoms with Gasteiger partial charge in [0.1, 0.15) is 0 Å². The van der Waals surface area contributed by atoms with Crippen LogP contribution in [0.25, 0.3) is 0 Å². The zero-order valence-corrected chi connectivity index (χ0v) is 9.00. The number of ether oxygens (including phenoxy) is 1. The molecule has 0 aromatic rings.